The van der Waals surface area contributed by atoms with Gasteiger partial charge in [-0.3, -0.25) is 9.59 Å². The van der Waals surface area contributed by atoms with E-state index >= 15 is 0 Å². The number of nitrogens with zero attached hydrogens (tertiary/aromatic N) is 1. The number of hydrogen-bond donors (Lipinski definition) is 2. The van der Waals surface area contributed by atoms with Crippen molar-refractivity contribution in [2.45, 2.75) is 52.9 Å². The zero-order valence-corrected chi connectivity index (χ0v) is 16.4. The molecule has 2 fully saturated rings. The van der Waals surface area contributed by atoms with Crippen LogP contribution in [-0.4, -0.2) is 22.0 Å². The molecule has 0 radical (unpaired) electrons. The molecule has 0 unspecified atom stereocenters. The zero-order valence-electron chi connectivity index (χ0n) is 15.5. The number of anilines is 1. The summed E-state index contributed by atoms with van der Waals surface area (Å²) in [5.74, 6) is -1.34. The van der Waals surface area contributed by atoms with Gasteiger partial charge < -0.3 is 10.4 Å². The highest BCUT2D eigenvalue weighted by molar-refractivity contribution is 7.15. The molecule has 0 saturated heterocycles. The van der Waals surface area contributed by atoms with E-state index in [1.54, 1.807) is 11.3 Å². The number of aliphatic carboxylic acids is 1. The minimum absolute atomic E-state index is 0.0172. The third-order valence-corrected chi connectivity index (χ3v) is 7.46. The minimum Gasteiger partial charge on any atom is -0.481 e. The predicted molar refractivity (Wildman–Crippen MR) is 101 cm³/mol. The Morgan fingerprint density at radius 2 is 1.85 bits per heavy atom. The molecule has 3 aliphatic carbocycles. The number of hydrogen-bond acceptors (Lipinski definition) is 4. The number of nitrogens with one attached hydrogen (secondary N) is 1. The number of carboxylic acids is 1. The first-order valence-electron chi connectivity index (χ1n) is 9.56. The summed E-state index contributed by atoms with van der Waals surface area (Å²) in [5.41, 5.74) is 3.50. The van der Waals surface area contributed by atoms with Crippen molar-refractivity contribution < 1.29 is 14.7 Å². The fourth-order valence-corrected chi connectivity index (χ4v) is 6.56. The number of rotatable bonds is 3. The minimum atomic E-state index is -0.844. The Kier molecular flexibility index (Phi) is 4.41. The first-order chi connectivity index (χ1) is 12.4. The molecule has 2 saturated carbocycles. The van der Waals surface area contributed by atoms with Crippen molar-refractivity contribution in [3.63, 3.8) is 0 Å². The Morgan fingerprint density at radius 3 is 2.50 bits per heavy atom. The van der Waals surface area contributed by atoms with Gasteiger partial charge in [0.05, 0.1) is 17.5 Å². The van der Waals surface area contributed by atoms with Crippen molar-refractivity contribution >= 4 is 28.3 Å². The Balaban J connectivity index is 1.58. The van der Waals surface area contributed by atoms with E-state index in [1.807, 2.05) is 13.8 Å². The van der Waals surface area contributed by atoms with Crippen LogP contribution in [0.25, 0.3) is 0 Å². The summed E-state index contributed by atoms with van der Waals surface area (Å²) in [6.07, 6.45) is 4.93. The van der Waals surface area contributed by atoms with Crippen LogP contribution in [0.4, 0.5) is 5.13 Å². The number of aromatic nitrogens is 1. The Morgan fingerprint density at radius 1 is 1.15 bits per heavy atom. The van der Waals surface area contributed by atoms with Gasteiger partial charge in [-0.25, -0.2) is 4.98 Å². The maximum absolute atomic E-state index is 13.0. The lowest BCUT2D eigenvalue weighted by molar-refractivity contribution is -0.148. The zero-order chi connectivity index (χ0) is 18.6. The molecule has 1 heterocycles. The van der Waals surface area contributed by atoms with Crippen molar-refractivity contribution in [1.82, 2.24) is 4.98 Å². The average molecular weight is 375 g/mol. The summed E-state index contributed by atoms with van der Waals surface area (Å²) in [7, 11) is 0. The molecular weight excluding hydrogens is 348 g/mol. The molecule has 1 aromatic heterocycles. The molecule has 2 N–H and O–H groups in total. The molecule has 0 aliphatic heterocycles. The number of carbonyl (C=O) groups excluding carboxylic acids is 1. The van der Waals surface area contributed by atoms with Crippen LogP contribution in [-0.2, 0) is 22.4 Å². The molecule has 4 rings (SSSR count). The molecule has 5 nitrogen and oxygen atoms in total. The van der Waals surface area contributed by atoms with Crippen LogP contribution in [0.2, 0.25) is 0 Å². The van der Waals surface area contributed by atoms with Gasteiger partial charge in [-0.2, -0.15) is 0 Å². The summed E-state index contributed by atoms with van der Waals surface area (Å²) in [5, 5.41) is 13.4. The quantitative estimate of drug-likeness (QED) is 0.787. The summed E-state index contributed by atoms with van der Waals surface area (Å²) < 4.78 is 0. The second-order valence-corrected chi connectivity index (χ2v) is 9.45. The van der Waals surface area contributed by atoms with E-state index in [9.17, 15) is 14.7 Å². The van der Waals surface area contributed by atoms with Crippen LogP contribution >= 0.6 is 11.3 Å². The fourth-order valence-electron chi connectivity index (χ4n) is 5.39. The number of allylic oxidation sites excluding steroid dienone is 2. The molecule has 0 spiro atoms. The lowest BCUT2D eigenvalue weighted by Crippen LogP contribution is -2.37. The third kappa shape index (κ3) is 2.79. The number of carboxylic acid groups (broad SMARTS) is 1. The molecule has 6 heteroatoms. The summed E-state index contributed by atoms with van der Waals surface area (Å²) in [4.78, 5) is 30.8. The van der Waals surface area contributed by atoms with Crippen LogP contribution < -0.4 is 5.32 Å². The highest BCUT2D eigenvalue weighted by Crippen LogP contribution is 2.57. The van der Waals surface area contributed by atoms with Crippen molar-refractivity contribution in [2.75, 3.05) is 5.32 Å². The van der Waals surface area contributed by atoms with Crippen LogP contribution in [0.5, 0.6) is 0 Å². The van der Waals surface area contributed by atoms with Crippen LogP contribution in [0.15, 0.2) is 11.1 Å². The molecule has 140 valence electrons. The summed E-state index contributed by atoms with van der Waals surface area (Å²) in [6.45, 7) is 6.32. The topological polar surface area (TPSA) is 79.3 Å². The van der Waals surface area contributed by atoms with E-state index in [-0.39, 0.29) is 17.7 Å². The molecule has 3 aliphatic rings. The lowest BCUT2D eigenvalue weighted by Gasteiger charge is -2.25. The van der Waals surface area contributed by atoms with Crippen LogP contribution in [0.1, 0.15) is 50.6 Å². The number of aryl methyl sites for hydroxylation is 1. The smallest absolute Gasteiger partial charge is 0.307 e. The van der Waals surface area contributed by atoms with Gasteiger partial charge in [0.25, 0.3) is 0 Å². The van der Waals surface area contributed by atoms with Gasteiger partial charge in [-0.1, -0.05) is 18.1 Å². The number of amides is 1. The van der Waals surface area contributed by atoms with Crippen LogP contribution in [0, 0.1) is 29.6 Å². The van der Waals surface area contributed by atoms with E-state index in [1.165, 1.54) is 16.0 Å². The monoisotopic (exact) mass is 374 g/mol. The Hall–Kier alpha value is -1.69. The van der Waals surface area contributed by atoms with E-state index in [4.69, 9.17) is 0 Å². The van der Waals surface area contributed by atoms with E-state index in [2.05, 4.69) is 17.2 Å². The number of fused-ring (bicyclic) bond motifs is 3. The fraction of sp³-hybridized carbons (Fsp3) is 0.650. The van der Waals surface area contributed by atoms with Gasteiger partial charge in [0.2, 0.25) is 5.91 Å². The SMILES string of the molecule is CC(C)=C1[C@H]2CC[C@H]1[C@@H](C(=O)O)[C@H]2C(=O)Nc1nc2c(s1)C[C@H](C)CC2. The largest absolute Gasteiger partial charge is 0.481 e. The van der Waals surface area contributed by atoms with Crippen molar-refractivity contribution in [3.05, 3.63) is 21.7 Å². The van der Waals surface area contributed by atoms with Gasteiger partial charge in [-0.15, -0.1) is 11.3 Å². The number of carbonyl (C=O) groups is 2. The lowest BCUT2D eigenvalue weighted by atomic mass is 9.79. The van der Waals surface area contributed by atoms with Gasteiger partial charge in [0, 0.05) is 4.88 Å². The van der Waals surface area contributed by atoms with E-state index < -0.39 is 17.8 Å². The maximum atomic E-state index is 13.0. The second-order valence-electron chi connectivity index (χ2n) is 8.36. The van der Waals surface area contributed by atoms with Gasteiger partial charge in [0.1, 0.15) is 0 Å². The van der Waals surface area contributed by atoms with E-state index in [0.29, 0.717) is 11.0 Å². The van der Waals surface area contributed by atoms with Crippen molar-refractivity contribution in [2.24, 2.45) is 29.6 Å². The summed E-state index contributed by atoms with van der Waals surface area (Å²) in [6, 6.07) is 0. The predicted octanol–water partition coefficient (Wildman–Crippen LogP) is 3.90. The molecule has 2 bridgehead atoms. The van der Waals surface area contributed by atoms with Gasteiger partial charge >= 0.3 is 5.97 Å². The highest BCUT2D eigenvalue weighted by atomic mass is 32.1. The first kappa shape index (κ1) is 17.7. The molecule has 1 aromatic rings. The van der Waals surface area contributed by atoms with Crippen molar-refractivity contribution in [1.29, 1.82) is 0 Å². The molecule has 26 heavy (non-hydrogen) atoms. The average Bonchev–Trinajstić information content (AvgIpc) is 3.23. The maximum Gasteiger partial charge on any atom is 0.307 e. The van der Waals surface area contributed by atoms with Gasteiger partial charge in [0.15, 0.2) is 5.13 Å². The second kappa shape index (κ2) is 6.48. The van der Waals surface area contributed by atoms with Gasteiger partial charge in [-0.05, 0) is 63.7 Å². The third-order valence-electron chi connectivity index (χ3n) is 6.42. The highest BCUT2D eigenvalue weighted by Gasteiger charge is 2.57. The molecular formula is C20H26N2O3S. The molecule has 0 aromatic carbocycles. The standard InChI is InChI=1S/C20H26N2O3S/c1-9(2)15-11-5-6-12(15)17(19(24)25)16(11)18(23)22-20-21-13-7-4-10(3)8-14(13)26-20/h10-12,16-17H,4-8H2,1-3H3,(H,24,25)(H,21,22,23)/t10-,11-,12-,16+,17-/m1/s1. The number of thiazole rings is 1. The normalized spacial score (nSPS) is 32.4. The Bertz CT molecular complexity index is 793. The van der Waals surface area contributed by atoms with Crippen LogP contribution in [0.3, 0.4) is 0 Å². The molecule has 5 atom stereocenters. The molecule has 1 amide bonds. The van der Waals surface area contributed by atoms with Crippen molar-refractivity contribution in [3.8, 4) is 0 Å². The first-order valence-corrected chi connectivity index (χ1v) is 10.4. The Labute approximate surface area is 157 Å². The van der Waals surface area contributed by atoms with E-state index in [0.717, 1.165) is 37.8 Å². The summed E-state index contributed by atoms with van der Waals surface area (Å²) >= 11 is 1.56.